The molecule has 0 saturated carbocycles. The minimum absolute atomic E-state index is 0.163. The standard InChI is InChI=1S/C13H13N3O2/c17-8-12(10-4-2-1-3-5-10)16-13(18)11-6-14-9-15-7-11/h1-7,9,12,17H,8H2,(H,16,18). The summed E-state index contributed by atoms with van der Waals surface area (Å²) in [5.41, 5.74) is 1.22. The van der Waals surface area contributed by atoms with Crippen molar-refractivity contribution in [3.05, 3.63) is 60.2 Å². The molecule has 0 radical (unpaired) electrons. The Kier molecular flexibility index (Phi) is 3.98. The maximum absolute atomic E-state index is 11.9. The van der Waals surface area contributed by atoms with Crippen molar-refractivity contribution in [1.29, 1.82) is 0 Å². The van der Waals surface area contributed by atoms with Gasteiger partial charge in [-0.3, -0.25) is 4.79 Å². The lowest BCUT2D eigenvalue weighted by Crippen LogP contribution is -2.30. The molecule has 5 nitrogen and oxygen atoms in total. The van der Waals surface area contributed by atoms with Crippen LogP contribution in [0.15, 0.2) is 49.1 Å². The fourth-order valence-electron chi connectivity index (χ4n) is 1.58. The summed E-state index contributed by atoms with van der Waals surface area (Å²) in [6.07, 6.45) is 4.22. The van der Waals surface area contributed by atoms with Gasteiger partial charge in [0.05, 0.1) is 18.2 Å². The molecular weight excluding hydrogens is 230 g/mol. The van der Waals surface area contributed by atoms with Crippen molar-refractivity contribution in [2.24, 2.45) is 0 Å². The van der Waals surface area contributed by atoms with Crippen LogP contribution in [0.3, 0.4) is 0 Å². The van der Waals surface area contributed by atoms with Crippen molar-refractivity contribution >= 4 is 5.91 Å². The van der Waals surface area contributed by atoms with E-state index in [4.69, 9.17) is 0 Å². The highest BCUT2D eigenvalue weighted by Crippen LogP contribution is 2.12. The number of nitrogens with one attached hydrogen (secondary N) is 1. The predicted octanol–water partition coefficient (Wildman–Crippen LogP) is 0.940. The zero-order valence-electron chi connectivity index (χ0n) is 9.65. The number of benzene rings is 1. The summed E-state index contributed by atoms with van der Waals surface area (Å²) in [4.78, 5) is 19.4. The second-order valence-electron chi connectivity index (χ2n) is 3.75. The molecule has 1 heterocycles. The summed E-state index contributed by atoms with van der Waals surface area (Å²) in [6.45, 7) is -0.163. The molecule has 1 amide bonds. The Bertz CT molecular complexity index is 502. The molecule has 2 aromatic rings. The summed E-state index contributed by atoms with van der Waals surface area (Å²) in [6, 6.07) is 8.86. The lowest BCUT2D eigenvalue weighted by Gasteiger charge is -2.16. The van der Waals surface area contributed by atoms with Gasteiger partial charge in [0.15, 0.2) is 0 Å². The number of aliphatic hydroxyl groups is 1. The molecule has 0 fully saturated rings. The van der Waals surface area contributed by atoms with E-state index in [1.807, 2.05) is 30.3 Å². The van der Waals surface area contributed by atoms with Crippen LogP contribution in [0.5, 0.6) is 0 Å². The van der Waals surface area contributed by atoms with Gasteiger partial charge in [-0.25, -0.2) is 9.97 Å². The lowest BCUT2D eigenvalue weighted by atomic mass is 10.1. The quantitative estimate of drug-likeness (QED) is 0.838. The summed E-state index contributed by atoms with van der Waals surface area (Å²) in [5, 5.41) is 12.1. The van der Waals surface area contributed by atoms with E-state index in [0.29, 0.717) is 5.56 Å². The van der Waals surface area contributed by atoms with Gasteiger partial charge in [0.1, 0.15) is 6.33 Å². The number of amides is 1. The van der Waals surface area contributed by atoms with Gasteiger partial charge in [-0.05, 0) is 5.56 Å². The second kappa shape index (κ2) is 5.88. The fourth-order valence-corrected chi connectivity index (χ4v) is 1.58. The highest BCUT2D eigenvalue weighted by Gasteiger charge is 2.14. The molecule has 2 N–H and O–H groups in total. The van der Waals surface area contributed by atoms with Crippen molar-refractivity contribution in [2.45, 2.75) is 6.04 Å². The van der Waals surface area contributed by atoms with Crippen LogP contribution >= 0.6 is 0 Å². The summed E-state index contributed by atoms with van der Waals surface area (Å²) < 4.78 is 0. The Hall–Kier alpha value is -2.27. The molecule has 0 aliphatic rings. The number of carbonyl (C=O) groups is 1. The van der Waals surface area contributed by atoms with Crippen molar-refractivity contribution in [2.75, 3.05) is 6.61 Å². The lowest BCUT2D eigenvalue weighted by molar-refractivity contribution is 0.0915. The maximum Gasteiger partial charge on any atom is 0.254 e. The Balaban J connectivity index is 2.10. The third-order valence-electron chi connectivity index (χ3n) is 2.51. The molecule has 0 aliphatic carbocycles. The third-order valence-corrected chi connectivity index (χ3v) is 2.51. The number of hydrogen-bond acceptors (Lipinski definition) is 4. The predicted molar refractivity (Wildman–Crippen MR) is 65.8 cm³/mol. The second-order valence-corrected chi connectivity index (χ2v) is 3.75. The SMILES string of the molecule is O=C(NC(CO)c1ccccc1)c1cncnc1. The first-order valence-electron chi connectivity index (χ1n) is 5.53. The van der Waals surface area contributed by atoms with Crippen LogP contribution in [0.2, 0.25) is 0 Å². The van der Waals surface area contributed by atoms with Gasteiger partial charge in [0.25, 0.3) is 5.91 Å². The Morgan fingerprint density at radius 3 is 2.50 bits per heavy atom. The number of aliphatic hydroxyl groups excluding tert-OH is 1. The zero-order chi connectivity index (χ0) is 12.8. The van der Waals surface area contributed by atoms with Crippen LogP contribution in [0.4, 0.5) is 0 Å². The van der Waals surface area contributed by atoms with Gasteiger partial charge in [-0.15, -0.1) is 0 Å². The molecule has 2 rings (SSSR count). The van der Waals surface area contributed by atoms with Crippen LogP contribution < -0.4 is 5.32 Å². The zero-order valence-corrected chi connectivity index (χ0v) is 9.65. The van der Waals surface area contributed by atoms with Crippen LogP contribution in [-0.2, 0) is 0 Å². The van der Waals surface area contributed by atoms with Gasteiger partial charge >= 0.3 is 0 Å². The average Bonchev–Trinajstić information content (AvgIpc) is 2.46. The highest BCUT2D eigenvalue weighted by molar-refractivity contribution is 5.93. The Morgan fingerprint density at radius 1 is 1.22 bits per heavy atom. The van der Waals surface area contributed by atoms with Gasteiger partial charge in [0.2, 0.25) is 0 Å². The molecule has 1 aromatic heterocycles. The van der Waals surface area contributed by atoms with Crippen molar-refractivity contribution < 1.29 is 9.90 Å². The van der Waals surface area contributed by atoms with Crippen molar-refractivity contribution in [3.63, 3.8) is 0 Å². The molecule has 1 unspecified atom stereocenters. The monoisotopic (exact) mass is 243 g/mol. The normalized spacial score (nSPS) is 11.8. The van der Waals surface area contributed by atoms with Crippen molar-refractivity contribution in [1.82, 2.24) is 15.3 Å². The van der Waals surface area contributed by atoms with Crippen LogP contribution in [0, 0.1) is 0 Å². The van der Waals surface area contributed by atoms with E-state index in [9.17, 15) is 9.90 Å². The molecule has 0 bridgehead atoms. The molecule has 5 heteroatoms. The van der Waals surface area contributed by atoms with E-state index in [-0.39, 0.29) is 12.5 Å². The van der Waals surface area contributed by atoms with E-state index >= 15 is 0 Å². The molecule has 0 spiro atoms. The summed E-state index contributed by atoms with van der Waals surface area (Å²) in [5.74, 6) is -0.307. The first kappa shape index (κ1) is 12.2. The summed E-state index contributed by atoms with van der Waals surface area (Å²) >= 11 is 0. The molecule has 1 aromatic carbocycles. The smallest absolute Gasteiger partial charge is 0.254 e. The topological polar surface area (TPSA) is 75.1 Å². The van der Waals surface area contributed by atoms with Gasteiger partial charge in [-0.1, -0.05) is 30.3 Å². The molecule has 0 saturated heterocycles. The molecule has 0 aliphatic heterocycles. The van der Waals surface area contributed by atoms with Gasteiger partial charge in [-0.2, -0.15) is 0 Å². The van der Waals surface area contributed by atoms with Crippen LogP contribution in [0.1, 0.15) is 22.0 Å². The number of aromatic nitrogens is 2. The molecular formula is C13H13N3O2. The van der Waals surface area contributed by atoms with Crippen molar-refractivity contribution in [3.8, 4) is 0 Å². The Labute approximate surface area is 105 Å². The molecule has 18 heavy (non-hydrogen) atoms. The Morgan fingerprint density at radius 2 is 1.89 bits per heavy atom. The average molecular weight is 243 g/mol. The number of rotatable bonds is 4. The fraction of sp³-hybridized carbons (Fsp3) is 0.154. The molecule has 92 valence electrons. The minimum Gasteiger partial charge on any atom is -0.394 e. The molecule has 1 atom stereocenters. The first-order valence-corrected chi connectivity index (χ1v) is 5.53. The van der Waals surface area contributed by atoms with E-state index < -0.39 is 6.04 Å². The van der Waals surface area contributed by atoms with Gasteiger partial charge < -0.3 is 10.4 Å². The number of carbonyl (C=O) groups excluding carboxylic acids is 1. The number of hydrogen-bond donors (Lipinski definition) is 2. The van der Waals surface area contributed by atoms with Gasteiger partial charge in [0, 0.05) is 12.4 Å². The van der Waals surface area contributed by atoms with Crippen LogP contribution in [-0.4, -0.2) is 27.6 Å². The van der Waals surface area contributed by atoms with E-state index in [2.05, 4.69) is 15.3 Å². The number of nitrogens with zero attached hydrogens (tertiary/aromatic N) is 2. The maximum atomic E-state index is 11.9. The first-order chi connectivity index (χ1) is 8.81. The van der Waals surface area contributed by atoms with E-state index in [1.165, 1.54) is 18.7 Å². The van der Waals surface area contributed by atoms with E-state index in [1.54, 1.807) is 0 Å². The van der Waals surface area contributed by atoms with E-state index in [0.717, 1.165) is 5.56 Å². The van der Waals surface area contributed by atoms with Crippen LogP contribution in [0.25, 0.3) is 0 Å². The largest absolute Gasteiger partial charge is 0.394 e. The highest BCUT2D eigenvalue weighted by atomic mass is 16.3. The summed E-state index contributed by atoms with van der Waals surface area (Å²) in [7, 11) is 0. The minimum atomic E-state index is -0.432. The third kappa shape index (κ3) is 2.89.